The van der Waals surface area contributed by atoms with Crippen LogP contribution < -0.4 is 15.0 Å². The Labute approximate surface area is 221 Å². The van der Waals surface area contributed by atoms with Gasteiger partial charge in [0.1, 0.15) is 29.6 Å². The number of rotatable bonds is 8. The first kappa shape index (κ1) is 25.3. The lowest BCUT2D eigenvalue weighted by molar-refractivity contribution is -0.127. The third-order valence-corrected chi connectivity index (χ3v) is 6.97. The third kappa shape index (κ3) is 5.46. The van der Waals surface area contributed by atoms with E-state index < -0.39 is 6.04 Å². The number of nitrogens with one attached hydrogen (secondary N) is 1. The predicted octanol–water partition coefficient (Wildman–Crippen LogP) is 4.37. The molecule has 1 aliphatic carbocycles. The van der Waals surface area contributed by atoms with E-state index in [1.54, 1.807) is 43.5 Å². The van der Waals surface area contributed by atoms with Crippen molar-refractivity contribution in [3.8, 4) is 11.5 Å². The van der Waals surface area contributed by atoms with E-state index in [0.29, 0.717) is 22.5 Å². The lowest BCUT2D eigenvalue weighted by Crippen LogP contribution is -2.48. The number of amides is 2. The number of methoxy groups -OCH3 is 1. The topological polar surface area (TPSA) is 110 Å². The first-order valence-corrected chi connectivity index (χ1v) is 12.9. The van der Waals surface area contributed by atoms with Crippen molar-refractivity contribution >= 4 is 28.5 Å². The zero-order chi connectivity index (χ0) is 26.5. The average molecular weight is 514 g/mol. The van der Waals surface area contributed by atoms with Gasteiger partial charge in [0.2, 0.25) is 11.8 Å². The molecule has 1 atom stereocenters. The lowest BCUT2D eigenvalue weighted by atomic mass is 9.94. The zero-order valence-corrected chi connectivity index (χ0v) is 21.3. The summed E-state index contributed by atoms with van der Waals surface area (Å²) < 4.78 is 6.97. The number of anilines is 1. The van der Waals surface area contributed by atoms with Gasteiger partial charge in [0.15, 0.2) is 0 Å². The van der Waals surface area contributed by atoms with Gasteiger partial charge >= 0.3 is 0 Å². The summed E-state index contributed by atoms with van der Waals surface area (Å²) in [6.07, 6.45) is 5.10. The van der Waals surface area contributed by atoms with Gasteiger partial charge in [-0.1, -0.05) is 54.8 Å². The normalized spacial score (nSPS) is 14.7. The van der Waals surface area contributed by atoms with E-state index in [9.17, 15) is 14.7 Å². The summed E-state index contributed by atoms with van der Waals surface area (Å²) >= 11 is 0. The summed E-state index contributed by atoms with van der Waals surface area (Å²) in [5.41, 5.74) is 2.49. The van der Waals surface area contributed by atoms with Gasteiger partial charge < -0.3 is 15.2 Å². The van der Waals surface area contributed by atoms with E-state index in [1.807, 2.05) is 24.3 Å². The van der Waals surface area contributed by atoms with Crippen LogP contribution in [-0.2, 0) is 16.1 Å². The maximum absolute atomic E-state index is 14.1. The molecule has 9 nitrogen and oxygen atoms in total. The van der Waals surface area contributed by atoms with Crippen LogP contribution in [0, 0.1) is 0 Å². The average Bonchev–Trinajstić information content (AvgIpc) is 3.35. The van der Waals surface area contributed by atoms with Gasteiger partial charge in [-0.05, 0) is 54.8 Å². The summed E-state index contributed by atoms with van der Waals surface area (Å²) in [6.45, 7) is -0.122. The minimum absolute atomic E-state index is 0.0531. The van der Waals surface area contributed by atoms with E-state index in [2.05, 4.69) is 15.6 Å². The highest BCUT2D eigenvalue weighted by Gasteiger charge is 2.34. The molecule has 38 heavy (non-hydrogen) atoms. The Morgan fingerprint density at radius 3 is 2.58 bits per heavy atom. The SMILES string of the molecule is COc1cccc(N(C(=O)Cn2nnc3ccccc32)[C@@H](C(=O)NC2CCCCC2)c2ccc(O)cc2)c1. The second kappa shape index (κ2) is 11.3. The Hall–Kier alpha value is -4.40. The van der Waals surface area contributed by atoms with Crippen molar-refractivity contribution in [1.29, 1.82) is 0 Å². The molecule has 1 aliphatic rings. The molecule has 196 valence electrons. The molecule has 1 aromatic heterocycles. The van der Waals surface area contributed by atoms with Crippen molar-refractivity contribution < 1.29 is 19.4 Å². The number of aromatic hydroxyl groups is 1. The molecule has 3 aromatic carbocycles. The van der Waals surface area contributed by atoms with E-state index in [1.165, 1.54) is 21.7 Å². The quantitative estimate of drug-likeness (QED) is 0.362. The zero-order valence-electron chi connectivity index (χ0n) is 21.3. The van der Waals surface area contributed by atoms with Crippen molar-refractivity contribution in [2.45, 2.75) is 50.7 Å². The minimum atomic E-state index is -0.980. The molecule has 5 rings (SSSR count). The molecule has 1 fully saturated rings. The molecule has 0 saturated heterocycles. The van der Waals surface area contributed by atoms with Gasteiger partial charge in [-0.25, -0.2) is 4.68 Å². The highest BCUT2D eigenvalue weighted by molar-refractivity contribution is 6.01. The second-order valence-corrected chi connectivity index (χ2v) is 9.54. The van der Waals surface area contributed by atoms with Crippen molar-refractivity contribution in [3.63, 3.8) is 0 Å². The second-order valence-electron chi connectivity index (χ2n) is 9.54. The van der Waals surface area contributed by atoms with Crippen molar-refractivity contribution in [3.05, 3.63) is 78.4 Å². The van der Waals surface area contributed by atoms with Crippen LogP contribution in [0.15, 0.2) is 72.8 Å². The maximum Gasteiger partial charge on any atom is 0.249 e. The van der Waals surface area contributed by atoms with E-state index >= 15 is 0 Å². The fraction of sp³-hybridized carbons (Fsp3) is 0.310. The molecule has 9 heteroatoms. The van der Waals surface area contributed by atoms with Gasteiger partial charge in [-0.15, -0.1) is 5.10 Å². The van der Waals surface area contributed by atoms with Crippen LogP contribution in [0.25, 0.3) is 11.0 Å². The minimum Gasteiger partial charge on any atom is -0.508 e. The van der Waals surface area contributed by atoms with Crippen LogP contribution in [0.3, 0.4) is 0 Å². The molecule has 0 unspecified atom stereocenters. The molecule has 0 spiro atoms. The number of ether oxygens (including phenoxy) is 1. The first-order chi connectivity index (χ1) is 18.5. The summed E-state index contributed by atoms with van der Waals surface area (Å²) in [4.78, 5) is 29.5. The number of phenols is 1. The summed E-state index contributed by atoms with van der Waals surface area (Å²) in [7, 11) is 1.56. The molecule has 2 N–H and O–H groups in total. The number of aromatic nitrogens is 3. The number of carbonyl (C=O) groups excluding carboxylic acids is 2. The van der Waals surface area contributed by atoms with Crippen molar-refractivity contribution in [1.82, 2.24) is 20.3 Å². The number of hydrogen-bond acceptors (Lipinski definition) is 6. The number of fused-ring (bicyclic) bond motifs is 1. The fourth-order valence-corrected chi connectivity index (χ4v) is 5.04. The van der Waals surface area contributed by atoms with E-state index in [0.717, 1.165) is 37.6 Å². The van der Waals surface area contributed by atoms with E-state index in [4.69, 9.17) is 4.74 Å². The fourth-order valence-electron chi connectivity index (χ4n) is 5.04. The molecule has 0 bridgehead atoms. The van der Waals surface area contributed by atoms with Crippen LogP contribution in [-0.4, -0.2) is 45.1 Å². The van der Waals surface area contributed by atoms with Crippen LogP contribution in [0.1, 0.15) is 43.7 Å². The summed E-state index contributed by atoms with van der Waals surface area (Å²) in [5, 5.41) is 21.5. The number of para-hydroxylation sites is 1. The van der Waals surface area contributed by atoms with Gasteiger partial charge in [-0.3, -0.25) is 14.5 Å². The predicted molar refractivity (Wildman–Crippen MR) is 144 cm³/mol. The summed E-state index contributed by atoms with van der Waals surface area (Å²) in [5.74, 6) is 0.0187. The molecule has 0 aliphatic heterocycles. The first-order valence-electron chi connectivity index (χ1n) is 12.9. The smallest absolute Gasteiger partial charge is 0.249 e. The van der Waals surface area contributed by atoms with Gasteiger partial charge in [0.05, 0.1) is 12.6 Å². The molecule has 1 heterocycles. The molecular weight excluding hydrogens is 482 g/mol. The number of hydrogen-bond donors (Lipinski definition) is 2. The van der Waals surface area contributed by atoms with E-state index in [-0.39, 0.29) is 30.2 Å². The Morgan fingerprint density at radius 2 is 1.82 bits per heavy atom. The molecular formula is C29H31N5O4. The maximum atomic E-state index is 14.1. The lowest BCUT2D eigenvalue weighted by Gasteiger charge is -2.33. The molecule has 2 amide bonds. The molecule has 4 aromatic rings. The highest BCUT2D eigenvalue weighted by Crippen LogP contribution is 2.32. The molecule has 0 radical (unpaired) electrons. The van der Waals surface area contributed by atoms with Crippen molar-refractivity contribution in [2.24, 2.45) is 0 Å². The highest BCUT2D eigenvalue weighted by atomic mass is 16.5. The Morgan fingerprint density at radius 1 is 1.05 bits per heavy atom. The van der Waals surface area contributed by atoms with Crippen LogP contribution in [0.5, 0.6) is 11.5 Å². The largest absolute Gasteiger partial charge is 0.508 e. The Bertz CT molecular complexity index is 1410. The third-order valence-electron chi connectivity index (χ3n) is 6.97. The number of carbonyl (C=O) groups is 2. The van der Waals surface area contributed by atoms with Gasteiger partial charge in [0, 0.05) is 17.8 Å². The van der Waals surface area contributed by atoms with Crippen LogP contribution in [0.4, 0.5) is 5.69 Å². The Kier molecular flexibility index (Phi) is 7.53. The number of phenolic OH excluding ortho intramolecular Hbond substituents is 1. The van der Waals surface area contributed by atoms with Crippen molar-refractivity contribution in [2.75, 3.05) is 12.0 Å². The Balaban J connectivity index is 1.57. The number of benzene rings is 3. The number of nitrogens with zero attached hydrogens (tertiary/aromatic N) is 4. The standard InChI is InChI=1S/C29H31N5O4/c1-38-24-11-7-10-22(18-24)34(27(36)19-33-26-13-6-5-12-25(26)31-32-33)28(20-14-16-23(35)17-15-20)29(37)30-21-8-3-2-4-9-21/h5-7,10-18,21,28,35H,2-4,8-9,19H2,1H3,(H,30,37)/t28-/m1/s1. The van der Waals surface area contributed by atoms with Crippen LogP contribution >= 0.6 is 0 Å². The monoisotopic (exact) mass is 513 g/mol. The van der Waals surface area contributed by atoms with Crippen LogP contribution in [0.2, 0.25) is 0 Å². The van der Waals surface area contributed by atoms with Gasteiger partial charge in [0.25, 0.3) is 0 Å². The van der Waals surface area contributed by atoms with Gasteiger partial charge in [-0.2, -0.15) is 0 Å². The summed E-state index contributed by atoms with van der Waals surface area (Å²) in [6, 6.07) is 20.0. The molecule has 1 saturated carbocycles.